The number of benzene rings is 2. The summed E-state index contributed by atoms with van der Waals surface area (Å²) in [6.07, 6.45) is -1.84. The second-order valence-electron chi connectivity index (χ2n) is 11.2. The zero-order chi connectivity index (χ0) is 30.3. The summed E-state index contributed by atoms with van der Waals surface area (Å²) < 4.78 is 24.5. The van der Waals surface area contributed by atoms with Crippen molar-refractivity contribution in [2.45, 2.75) is 57.5 Å². The predicted molar refractivity (Wildman–Crippen MR) is 151 cm³/mol. The molecule has 11 heteroatoms. The molecule has 2 aromatic carbocycles. The first-order chi connectivity index (χ1) is 19.3. The van der Waals surface area contributed by atoms with E-state index in [0.717, 1.165) is 5.56 Å². The maximum absolute atomic E-state index is 14.0. The average Bonchev–Trinajstić information content (AvgIpc) is 3.36. The molecule has 0 bridgehead atoms. The topological polar surface area (TPSA) is 117 Å². The number of hydrogen-bond donors (Lipinski definition) is 2. The largest absolute Gasteiger partial charge is 0.497 e. The molecular formula is C30H39FN4O6. The number of carbonyl (C=O) groups is 4. The number of nitrogens with one attached hydrogen (secondary N) is 2. The number of ether oxygens (including phenoxy) is 2. The van der Waals surface area contributed by atoms with E-state index < -0.39 is 41.6 Å². The van der Waals surface area contributed by atoms with Crippen molar-refractivity contribution < 1.29 is 33.0 Å². The number of halogens is 1. The Bertz CT molecular complexity index is 1230. The van der Waals surface area contributed by atoms with E-state index in [1.807, 2.05) is 0 Å². The molecule has 1 saturated heterocycles. The first kappa shape index (κ1) is 31.4. The monoisotopic (exact) mass is 570 g/mol. The highest BCUT2D eigenvalue weighted by Gasteiger charge is 2.41. The van der Waals surface area contributed by atoms with Crippen molar-refractivity contribution in [2.75, 3.05) is 34.3 Å². The Morgan fingerprint density at radius 1 is 1.05 bits per heavy atom. The zero-order valence-electron chi connectivity index (χ0n) is 24.4. The molecule has 41 heavy (non-hydrogen) atoms. The van der Waals surface area contributed by atoms with E-state index >= 15 is 0 Å². The predicted octanol–water partition coefficient (Wildman–Crippen LogP) is 3.26. The smallest absolute Gasteiger partial charge is 0.408 e. The Labute approximate surface area is 240 Å². The zero-order valence-corrected chi connectivity index (χ0v) is 24.4. The van der Waals surface area contributed by atoms with Gasteiger partial charge < -0.3 is 29.9 Å². The molecule has 0 aromatic heterocycles. The van der Waals surface area contributed by atoms with Crippen molar-refractivity contribution in [1.82, 2.24) is 20.4 Å². The van der Waals surface area contributed by atoms with Crippen LogP contribution in [0.25, 0.3) is 0 Å². The summed E-state index contributed by atoms with van der Waals surface area (Å²) in [6, 6.07) is 12.2. The number of alkyl carbamates (subject to hydrolysis) is 1. The highest BCUT2D eigenvalue weighted by molar-refractivity contribution is 5.96. The van der Waals surface area contributed by atoms with Gasteiger partial charge in [0, 0.05) is 32.7 Å². The maximum Gasteiger partial charge on any atom is 0.408 e. The third-order valence-corrected chi connectivity index (χ3v) is 6.56. The Hall–Kier alpha value is -4.15. The third-order valence-electron chi connectivity index (χ3n) is 6.56. The van der Waals surface area contributed by atoms with Crippen LogP contribution < -0.4 is 15.4 Å². The van der Waals surface area contributed by atoms with E-state index in [-0.39, 0.29) is 32.0 Å². The van der Waals surface area contributed by atoms with E-state index in [1.165, 1.54) is 9.80 Å². The van der Waals surface area contributed by atoms with Crippen molar-refractivity contribution in [2.24, 2.45) is 0 Å². The van der Waals surface area contributed by atoms with Crippen molar-refractivity contribution >= 4 is 23.8 Å². The van der Waals surface area contributed by atoms with Crippen LogP contribution in [-0.4, -0.2) is 85.7 Å². The minimum absolute atomic E-state index is 0.110. The fourth-order valence-corrected chi connectivity index (χ4v) is 4.46. The summed E-state index contributed by atoms with van der Waals surface area (Å²) >= 11 is 0. The molecule has 10 nitrogen and oxygen atoms in total. The first-order valence-corrected chi connectivity index (χ1v) is 13.4. The number of rotatable bonds is 9. The Balaban J connectivity index is 1.85. The van der Waals surface area contributed by atoms with Gasteiger partial charge >= 0.3 is 6.09 Å². The fourth-order valence-electron chi connectivity index (χ4n) is 4.46. The quantitative estimate of drug-likeness (QED) is 0.478. The molecule has 3 atom stereocenters. The molecule has 3 rings (SSSR count). The highest BCUT2D eigenvalue weighted by atomic mass is 19.1. The van der Waals surface area contributed by atoms with Crippen molar-refractivity contribution in [3.05, 3.63) is 65.2 Å². The molecule has 2 aromatic rings. The van der Waals surface area contributed by atoms with Crippen molar-refractivity contribution in [1.29, 1.82) is 0 Å². The Morgan fingerprint density at radius 3 is 2.20 bits per heavy atom. The number of methoxy groups -OCH3 is 1. The lowest BCUT2D eigenvalue weighted by Crippen LogP contribution is -2.55. The van der Waals surface area contributed by atoms with Gasteiger partial charge in [-0.05, 0) is 62.6 Å². The second kappa shape index (κ2) is 13.5. The number of nitrogens with zero attached hydrogens (tertiary/aromatic N) is 2. The van der Waals surface area contributed by atoms with Crippen LogP contribution >= 0.6 is 0 Å². The van der Waals surface area contributed by atoms with Gasteiger partial charge in [0.2, 0.25) is 11.8 Å². The molecule has 3 unspecified atom stereocenters. The van der Waals surface area contributed by atoms with Crippen LogP contribution in [0.5, 0.6) is 5.75 Å². The molecule has 1 heterocycles. The summed E-state index contributed by atoms with van der Waals surface area (Å²) in [5, 5.41) is 5.44. The van der Waals surface area contributed by atoms with E-state index in [2.05, 4.69) is 10.6 Å². The van der Waals surface area contributed by atoms with E-state index in [4.69, 9.17) is 9.47 Å². The molecule has 1 aliphatic rings. The molecular weight excluding hydrogens is 531 g/mol. The number of amides is 4. The fraction of sp³-hybridized carbons (Fsp3) is 0.467. The van der Waals surface area contributed by atoms with E-state index in [1.54, 1.807) is 90.5 Å². The lowest BCUT2D eigenvalue weighted by Gasteiger charge is -2.32. The molecule has 222 valence electrons. The van der Waals surface area contributed by atoms with E-state index in [9.17, 15) is 23.6 Å². The van der Waals surface area contributed by atoms with Gasteiger partial charge in [-0.3, -0.25) is 14.4 Å². The maximum atomic E-state index is 14.0. The lowest BCUT2D eigenvalue weighted by molar-refractivity contribution is -0.139. The summed E-state index contributed by atoms with van der Waals surface area (Å²) in [7, 11) is 4.66. The molecule has 1 aliphatic heterocycles. The Kier molecular flexibility index (Phi) is 10.3. The molecule has 0 spiro atoms. The van der Waals surface area contributed by atoms with Crippen LogP contribution in [0.1, 0.15) is 54.6 Å². The standard InChI is InChI=1S/C30H39FN4O6/c1-30(2,3)41-29(39)33-25(28(38)35-16-15-22(31)18-35)24(27(37)34(4)5)20-9-7-19(8-10-20)17-32-26(36)21-11-13-23(40-6)14-12-21/h7-14,22,24-25H,15-18H2,1-6H3,(H,32,36)(H,33,39). The number of likely N-dealkylation sites (N-methyl/N-ethyl adjacent to an activating group) is 1. The molecule has 1 fully saturated rings. The van der Waals surface area contributed by atoms with Crippen LogP contribution in [0.3, 0.4) is 0 Å². The van der Waals surface area contributed by atoms with Crippen LogP contribution in [-0.2, 0) is 20.9 Å². The lowest BCUT2D eigenvalue weighted by atomic mass is 9.88. The van der Waals surface area contributed by atoms with Crippen molar-refractivity contribution in [3.63, 3.8) is 0 Å². The number of alkyl halides is 1. The van der Waals surface area contributed by atoms with Gasteiger partial charge in [0.1, 0.15) is 23.6 Å². The van der Waals surface area contributed by atoms with Crippen molar-refractivity contribution in [3.8, 4) is 5.75 Å². The van der Waals surface area contributed by atoms with Gasteiger partial charge in [0.25, 0.3) is 5.91 Å². The van der Waals surface area contributed by atoms with Gasteiger partial charge in [-0.1, -0.05) is 24.3 Å². The molecule has 0 aliphatic carbocycles. The number of hydrogen-bond acceptors (Lipinski definition) is 6. The van der Waals surface area contributed by atoms with Crippen LogP contribution in [0.2, 0.25) is 0 Å². The van der Waals surface area contributed by atoms with Gasteiger partial charge in [-0.2, -0.15) is 0 Å². The van der Waals surface area contributed by atoms with E-state index in [0.29, 0.717) is 16.9 Å². The van der Waals surface area contributed by atoms with Crippen LogP contribution in [0.15, 0.2) is 48.5 Å². The summed E-state index contributed by atoms with van der Waals surface area (Å²) in [5.41, 5.74) is 0.869. The minimum atomic E-state index is -1.33. The third kappa shape index (κ3) is 8.67. The average molecular weight is 571 g/mol. The van der Waals surface area contributed by atoms with Gasteiger partial charge in [-0.25, -0.2) is 9.18 Å². The van der Waals surface area contributed by atoms with Gasteiger partial charge in [0.05, 0.1) is 19.6 Å². The first-order valence-electron chi connectivity index (χ1n) is 13.4. The van der Waals surface area contributed by atoms with Gasteiger partial charge in [0.15, 0.2) is 0 Å². The molecule has 4 amide bonds. The minimum Gasteiger partial charge on any atom is -0.497 e. The molecule has 0 saturated carbocycles. The highest BCUT2D eigenvalue weighted by Crippen LogP contribution is 2.26. The Morgan fingerprint density at radius 2 is 1.68 bits per heavy atom. The molecule has 2 N–H and O–H groups in total. The second-order valence-corrected chi connectivity index (χ2v) is 11.2. The van der Waals surface area contributed by atoms with Gasteiger partial charge in [-0.15, -0.1) is 0 Å². The summed E-state index contributed by atoms with van der Waals surface area (Å²) in [4.78, 5) is 55.1. The number of likely N-dealkylation sites (tertiary alicyclic amines) is 1. The SMILES string of the molecule is COc1ccc(C(=O)NCc2ccc(C(C(=O)N(C)C)C(NC(=O)OC(C)(C)C)C(=O)N3CCC(F)C3)cc2)cc1. The molecule has 0 radical (unpaired) electrons. The van der Waals surface area contributed by atoms with Crippen LogP contribution in [0, 0.1) is 0 Å². The normalized spacial score (nSPS) is 16.4. The summed E-state index contributed by atoms with van der Waals surface area (Å²) in [6.45, 7) is 5.36. The summed E-state index contributed by atoms with van der Waals surface area (Å²) in [5.74, 6) is -1.71. The van der Waals surface area contributed by atoms with Crippen LogP contribution in [0.4, 0.5) is 9.18 Å². The number of carbonyl (C=O) groups excluding carboxylic acids is 4.